The molecule has 1 aromatic carbocycles. The van der Waals surface area contributed by atoms with Crippen molar-refractivity contribution in [2.75, 3.05) is 25.6 Å². The van der Waals surface area contributed by atoms with E-state index in [0.717, 1.165) is 53.4 Å². The van der Waals surface area contributed by atoms with Crippen LogP contribution in [0.3, 0.4) is 0 Å². The Morgan fingerprint density at radius 1 is 1.46 bits per heavy atom. The first-order chi connectivity index (χ1) is 13.7. The van der Waals surface area contributed by atoms with Crippen LogP contribution in [0.25, 0.3) is 0 Å². The van der Waals surface area contributed by atoms with Gasteiger partial charge in [-0.25, -0.2) is 0 Å². The van der Waals surface area contributed by atoms with Gasteiger partial charge in [0, 0.05) is 28.8 Å². The SMILES string of the molecule is CCOc1ccc(OC)cc1C1CC1C(=O)Nc1sc2c(c1C#N)CCNC2. The number of carbonyl (C=O) groups is 1. The van der Waals surface area contributed by atoms with E-state index in [1.54, 1.807) is 7.11 Å². The van der Waals surface area contributed by atoms with Gasteiger partial charge in [-0.1, -0.05) is 0 Å². The molecule has 1 aromatic heterocycles. The van der Waals surface area contributed by atoms with Crippen LogP contribution in [-0.2, 0) is 17.8 Å². The summed E-state index contributed by atoms with van der Waals surface area (Å²) in [4.78, 5) is 14.0. The molecular formula is C21H23N3O3S. The lowest BCUT2D eigenvalue weighted by Gasteiger charge is -2.12. The molecule has 2 unspecified atom stereocenters. The summed E-state index contributed by atoms with van der Waals surface area (Å²) in [7, 11) is 1.63. The van der Waals surface area contributed by atoms with E-state index in [1.165, 1.54) is 11.3 Å². The number of ether oxygens (including phenoxy) is 2. The molecule has 28 heavy (non-hydrogen) atoms. The predicted octanol–water partition coefficient (Wildman–Crippen LogP) is 3.41. The number of methoxy groups -OCH3 is 1. The van der Waals surface area contributed by atoms with Crippen molar-refractivity contribution in [3.8, 4) is 17.6 Å². The Labute approximate surface area is 168 Å². The summed E-state index contributed by atoms with van der Waals surface area (Å²) < 4.78 is 11.1. The smallest absolute Gasteiger partial charge is 0.228 e. The van der Waals surface area contributed by atoms with Crippen LogP contribution >= 0.6 is 11.3 Å². The van der Waals surface area contributed by atoms with Crippen molar-refractivity contribution < 1.29 is 14.3 Å². The van der Waals surface area contributed by atoms with Crippen LogP contribution in [0.15, 0.2) is 18.2 Å². The van der Waals surface area contributed by atoms with E-state index in [9.17, 15) is 10.1 Å². The van der Waals surface area contributed by atoms with Gasteiger partial charge in [-0.2, -0.15) is 5.26 Å². The average Bonchev–Trinajstić information content (AvgIpc) is 3.43. The fourth-order valence-corrected chi connectivity index (χ4v) is 4.97. The Kier molecular flexibility index (Phi) is 5.25. The Morgan fingerprint density at radius 2 is 2.32 bits per heavy atom. The lowest BCUT2D eigenvalue weighted by molar-refractivity contribution is -0.117. The highest BCUT2D eigenvalue weighted by Crippen LogP contribution is 2.52. The van der Waals surface area contributed by atoms with Crippen molar-refractivity contribution >= 4 is 22.2 Å². The lowest BCUT2D eigenvalue weighted by atomic mass is 10.0. The highest BCUT2D eigenvalue weighted by molar-refractivity contribution is 7.16. The number of nitriles is 1. The molecule has 7 heteroatoms. The van der Waals surface area contributed by atoms with Crippen molar-refractivity contribution in [2.45, 2.75) is 32.2 Å². The fourth-order valence-electron chi connectivity index (χ4n) is 3.80. The molecule has 0 bridgehead atoms. The number of carbonyl (C=O) groups excluding carboxylic acids is 1. The molecule has 2 heterocycles. The van der Waals surface area contributed by atoms with Crippen molar-refractivity contribution in [1.82, 2.24) is 5.32 Å². The van der Waals surface area contributed by atoms with E-state index >= 15 is 0 Å². The van der Waals surface area contributed by atoms with E-state index in [-0.39, 0.29) is 17.7 Å². The molecule has 0 saturated heterocycles. The Hall–Kier alpha value is -2.56. The second-order valence-electron chi connectivity index (χ2n) is 7.02. The van der Waals surface area contributed by atoms with Gasteiger partial charge in [0.05, 0.1) is 19.3 Å². The molecule has 1 aliphatic heterocycles. The maximum absolute atomic E-state index is 12.9. The van der Waals surface area contributed by atoms with E-state index in [0.29, 0.717) is 17.2 Å². The van der Waals surface area contributed by atoms with Gasteiger partial charge >= 0.3 is 0 Å². The van der Waals surface area contributed by atoms with Crippen LogP contribution in [0.1, 0.15) is 40.8 Å². The zero-order valence-corrected chi connectivity index (χ0v) is 16.8. The predicted molar refractivity (Wildman–Crippen MR) is 108 cm³/mol. The zero-order chi connectivity index (χ0) is 19.7. The van der Waals surface area contributed by atoms with Crippen LogP contribution in [0.2, 0.25) is 0 Å². The Balaban J connectivity index is 1.52. The summed E-state index contributed by atoms with van der Waals surface area (Å²) in [5.74, 6) is 1.53. The molecule has 2 aliphatic rings. The minimum atomic E-state index is -0.116. The molecule has 1 aliphatic carbocycles. The topological polar surface area (TPSA) is 83.4 Å². The second kappa shape index (κ2) is 7.82. The summed E-state index contributed by atoms with van der Waals surface area (Å²) in [5.41, 5.74) is 2.72. The molecule has 0 radical (unpaired) electrons. The monoisotopic (exact) mass is 397 g/mol. The van der Waals surface area contributed by atoms with Gasteiger partial charge in [-0.05, 0) is 50.1 Å². The number of amides is 1. The Morgan fingerprint density at radius 3 is 3.07 bits per heavy atom. The molecule has 2 N–H and O–H groups in total. The minimum absolute atomic E-state index is 0.0293. The number of nitrogens with zero attached hydrogens (tertiary/aromatic N) is 1. The van der Waals surface area contributed by atoms with Crippen molar-refractivity contribution in [2.24, 2.45) is 5.92 Å². The summed E-state index contributed by atoms with van der Waals surface area (Å²) in [6, 6.07) is 8.01. The molecule has 4 rings (SSSR count). The van der Waals surface area contributed by atoms with Crippen LogP contribution < -0.4 is 20.1 Å². The fraction of sp³-hybridized carbons (Fsp3) is 0.429. The quantitative estimate of drug-likeness (QED) is 0.780. The number of thiophene rings is 1. The highest BCUT2D eigenvalue weighted by Gasteiger charge is 2.46. The third kappa shape index (κ3) is 3.46. The Bertz CT molecular complexity index is 947. The van der Waals surface area contributed by atoms with Gasteiger partial charge < -0.3 is 20.1 Å². The first-order valence-electron chi connectivity index (χ1n) is 9.53. The summed E-state index contributed by atoms with van der Waals surface area (Å²) in [6.45, 7) is 4.15. The van der Waals surface area contributed by atoms with Gasteiger partial charge in [-0.3, -0.25) is 4.79 Å². The molecule has 2 aromatic rings. The van der Waals surface area contributed by atoms with Crippen molar-refractivity contribution in [3.05, 3.63) is 39.8 Å². The van der Waals surface area contributed by atoms with Gasteiger partial charge in [0.1, 0.15) is 22.6 Å². The van der Waals surface area contributed by atoms with Gasteiger partial charge in [0.15, 0.2) is 0 Å². The second-order valence-corrected chi connectivity index (χ2v) is 8.13. The van der Waals surface area contributed by atoms with E-state index in [2.05, 4.69) is 16.7 Å². The maximum atomic E-state index is 12.9. The maximum Gasteiger partial charge on any atom is 0.228 e. The molecule has 0 spiro atoms. The molecule has 6 nitrogen and oxygen atoms in total. The number of nitrogens with one attached hydrogen (secondary N) is 2. The van der Waals surface area contributed by atoms with E-state index < -0.39 is 0 Å². The molecule has 1 fully saturated rings. The number of anilines is 1. The number of hydrogen-bond acceptors (Lipinski definition) is 6. The normalized spacial score (nSPS) is 20.0. The lowest BCUT2D eigenvalue weighted by Crippen LogP contribution is -2.22. The van der Waals surface area contributed by atoms with Gasteiger partial charge in [-0.15, -0.1) is 11.3 Å². The molecular weight excluding hydrogens is 374 g/mol. The van der Waals surface area contributed by atoms with Crippen LogP contribution in [0.4, 0.5) is 5.00 Å². The van der Waals surface area contributed by atoms with Crippen LogP contribution in [-0.4, -0.2) is 26.2 Å². The standard InChI is InChI=1S/C21H23N3O3S/c1-3-27-18-5-4-12(26-2)8-15(18)14-9-16(14)20(25)24-21-17(10-22)13-6-7-23-11-19(13)28-21/h4-5,8,14,16,23H,3,6-7,9,11H2,1-2H3,(H,24,25). The summed E-state index contributed by atoms with van der Waals surface area (Å²) in [6.07, 6.45) is 1.60. The van der Waals surface area contributed by atoms with Crippen molar-refractivity contribution in [1.29, 1.82) is 5.26 Å². The van der Waals surface area contributed by atoms with E-state index in [1.807, 2.05) is 25.1 Å². The largest absolute Gasteiger partial charge is 0.497 e. The van der Waals surface area contributed by atoms with Gasteiger partial charge in [0.25, 0.3) is 0 Å². The molecule has 1 saturated carbocycles. The highest BCUT2D eigenvalue weighted by atomic mass is 32.1. The van der Waals surface area contributed by atoms with Crippen LogP contribution in [0.5, 0.6) is 11.5 Å². The first-order valence-corrected chi connectivity index (χ1v) is 10.3. The minimum Gasteiger partial charge on any atom is -0.497 e. The molecule has 2 atom stereocenters. The molecule has 1 amide bonds. The zero-order valence-electron chi connectivity index (χ0n) is 16.0. The number of benzene rings is 1. The average molecular weight is 398 g/mol. The summed E-state index contributed by atoms with van der Waals surface area (Å²) >= 11 is 1.51. The number of hydrogen-bond donors (Lipinski definition) is 2. The van der Waals surface area contributed by atoms with E-state index in [4.69, 9.17) is 9.47 Å². The van der Waals surface area contributed by atoms with Gasteiger partial charge in [0.2, 0.25) is 5.91 Å². The van der Waals surface area contributed by atoms with Crippen molar-refractivity contribution in [3.63, 3.8) is 0 Å². The summed E-state index contributed by atoms with van der Waals surface area (Å²) in [5, 5.41) is 16.6. The first kappa shape index (κ1) is 18.8. The molecule has 146 valence electrons. The number of fused-ring (bicyclic) bond motifs is 1. The third-order valence-electron chi connectivity index (χ3n) is 5.32. The van der Waals surface area contributed by atoms with Crippen LogP contribution in [0, 0.1) is 17.2 Å². The third-order valence-corrected chi connectivity index (χ3v) is 6.47. The number of rotatable bonds is 6.